The molecule has 0 aliphatic carbocycles. The summed E-state index contributed by atoms with van der Waals surface area (Å²) in [5, 5.41) is 24.3. The van der Waals surface area contributed by atoms with Crippen LogP contribution in [-0.4, -0.2) is 39.9 Å². The number of nitrogens with zero attached hydrogens (tertiary/aromatic N) is 1. The summed E-state index contributed by atoms with van der Waals surface area (Å²) in [7, 11) is -1.71. The second-order valence-electron chi connectivity index (χ2n) is 7.24. The molecule has 0 spiro atoms. The van der Waals surface area contributed by atoms with E-state index in [1.54, 1.807) is 18.2 Å². The lowest BCUT2D eigenvalue weighted by atomic mass is 9.75. The molecule has 1 heterocycles. The minimum absolute atomic E-state index is 0.131. The third-order valence-electron chi connectivity index (χ3n) is 4.30. The normalized spacial score (nSPS) is 12.9. The van der Waals surface area contributed by atoms with E-state index in [4.69, 9.17) is 0 Å². The van der Waals surface area contributed by atoms with Gasteiger partial charge < -0.3 is 20.7 Å². The van der Waals surface area contributed by atoms with Crippen molar-refractivity contribution in [2.45, 2.75) is 38.7 Å². The first-order chi connectivity index (χ1) is 13.8. The van der Waals surface area contributed by atoms with Crippen LogP contribution in [0.5, 0.6) is 0 Å². The Labute approximate surface area is 169 Å². The highest BCUT2D eigenvalue weighted by molar-refractivity contribution is 6.43. The number of aromatic nitrogens is 1. The first-order valence-corrected chi connectivity index (χ1v) is 9.38. The second kappa shape index (κ2) is 10.7. The van der Waals surface area contributed by atoms with Crippen LogP contribution in [-0.2, 0) is 4.79 Å². The smallest absolute Gasteiger partial charge is 0.426 e. The molecule has 0 saturated heterocycles. The van der Waals surface area contributed by atoms with Gasteiger partial charge in [0, 0.05) is 12.4 Å². The van der Waals surface area contributed by atoms with Crippen LogP contribution in [0.3, 0.4) is 0 Å². The lowest BCUT2D eigenvalue weighted by molar-refractivity contribution is -0.122. The van der Waals surface area contributed by atoms with Crippen molar-refractivity contribution in [1.82, 2.24) is 15.6 Å². The predicted octanol–water partition coefficient (Wildman–Crippen LogP) is 1.62. The fourth-order valence-electron chi connectivity index (χ4n) is 2.93. The number of hydrogen-bond donors (Lipinski definition) is 4. The van der Waals surface area contributed by atoms with Gasteiger partial charge in [0.2, 0.25) is 5.91 Å². The van der Waals surface area contributed by atoms with Gasteiger partial charge in [-0.2, -0.15) is 0 Å². The average Bonchev–Trinajstić information content (AvgIpc) is 2.67. The van der Waals surface area contributed by atoms with Gasteiger partial charge in [-0.25, -0.2) is 4.39 Å². The number of carbonyl (C=O) groups is 2. The molecule has 0 aliphatic heterocycles. The first-order valence-electron chi connectivity index (χ1n) is 9.38. The van der Waals surface area contributed by atoms with Crippen molar-refractivity contribution in [2.24, 2.45) is 5.92 Å². The Balaban J connectivity index is 2.16. The lowest BCUT2D eigenvalue weighted by Gasteiger charge is -2.23. The number of halogens is 1. The summed E-state index contributed by atoms with van der Waals surface area (Å²) >= 11 is 0. The van der Waals surface area contributed by atoms with Gasteiger partial charge in [0.25, 0.3) is 5.91 Å². The van der Waals surface area contributed by atoms with Gasteiger partial charge in [0.15, 0.2) is 0 Å². The molecule has 0 bridgehead atoms. The van der Waals surface area contributed by atoms with Crippen molar-refractivity contribution < 1.29 is 24.0 Å². The van der Waals surface area contributed by atoms with Gasteiger partial charge in [-0.05, 0) is 42.2 Å². The molecule has 0 saturated carbocycles. The molecule has 29 heavy (non-hydrogen) atoms. The van der Waals surface area contributed by atoms with E-state index in [2.05, 4.69) is 15.6 Å². The summed E-state index contributed by atoms with van der Waals surface area (Å²) in [6.45, 7) is 3.79. The zero-order valence-corrected chi connectivity index (χ0v) is 16.4. The van der Waals surface area contributed by atoms with Crippen LogP contribution in [0.25, 0.3) is 0 Å². The standard InChI is InChI=1S/C20H25BFN3O4/c1-13(2)9-18(21(28)29)25-19(26)11-17(14-5-3-7-16(22)10-14)24-20(27)15-6-4-8-23-12-15/h3-8,10,12-13,17-18,28-29H,9,11H2,1-2H3,(H,24,27)(H,25,26)/t17?,18-/m0/s1. The predicted molar refractivity (Wildman–Crippen MR) is 107 cm³/mol. The highest BCUT2D eigenvalue weighted by Gasteiger charge is 2.28. The average molecular weight is 401 g/mol. The van der Waals surface area contributed by atoms with Crippen LogP contribution in [0.4, 0.5) is 4.39 Å². The monoisotopic (exact) mass is 401 g/mol. The molecule has 4 N–H and O–H groups in total. The van der Waals surface area contributed by atoms with E-state index in [9.17, 15) is 24.0 Å². The van der Waals surface area contributed by atoms with E-state index >= 15 is 0 Å². The van der Waals surface area contributed by atoms with Gasteiger partial charge in [0.1, 0.15) is 5.82 Å². The zero-order valence-electron chi connectivity index (χ0n) is 16.4. The maximum atomic E-state index is 13.7. The molecule has 2 atom stereocenters. The molecule has 154 valence electrons. The highest BCUT2D eigenvalue weighted by Crippen LogP contribution is 2.19. The minimum atomic E-state index is -1.71. The Morgan fingerprint density at radius 1 is 1.17 bits per heavy atom. The highest BCUT2D eigenvalue weighted by atomic mass is 19.1. The van der Waals surface area contributed by atoms with Crippen LogP contribution in [0, 0.1) is 11.7 Å². The van der Waals surface area contributed by atoms with Crippen molar-refractivity contribution in [3.05, 3.63) is 65.7 Å². The fourth-order valence-corrected chi connectivity index (χ4v) is 2.93. The topological polar surface area (TPSA) is 112 Å². The van der Waals surface area contributed by atoms with Crippen molar-refractivity contribution in [3.8, 4) is 0 Å². The van der Waals surface area contributed by atoms with Crippen LogP contribution >= 0.6 is 0 Å². The van der Waals surface area contributed by atoms with Gasteiger partial charge in [-0.3, -0.25) is 14.6 Å². The van der Waals surface area contributed by atoms with E-state index in [1.165, 1.54) is 30.6 Å². The molecular formula is C20H25BFN3O4. The number of rotatable bonds is 9. The summed E-state index contributed by atoms with van der Waals surface area (Å²) in [6.07, 6.45) is 3.09. The SMILES string of the molecule is CC(C)C[C@H](NC(=O)CC(NC(=O)c1cccnc1)c1cccc(F)c1)B(O)O. The van der Waals surface area contributed by atoms with Crippen LogP contribution in [0.1, 0.15) is 48.7 Å². The molecule has 0 fully saturated rings. The molecule has 0 aliphatic rings. The fraction of sp³-hybridized carbons (Fsp3) is 0.350. The van der Waals surface area contributed by atoms with Gasteiger partial charge >= 0.3 is 7.12 Å². The number of nitrogens with one attached hydrogen (secondary N) is 2. The molecule has 2 amide bonds. The zero-order chi connectivity index (χ0) is 21.4. The number of pyridine rings is 1. The van der Waals surface area contributed by atoms with Crippen LogP contribution in [0.2, 0.25) is 0 Å². The van der Waals surface area contributed by atoms with E-state index in [0.717, 1.165) is 0 Å². The maximum Gasteiger partial charge on any atom is 0.475 e. The number of benzene rings is 1. The lowest BCUT2D eigenvalue weighted by Crippen LogP contribution is -2.48. The van der Waals surface area contributed by atoms with Crippen LogP contribution < -0.4 is 10.6 Å². The summed E-state index contributed by atoms with van der Waals surface area (Å²) in [6, 6.07) is 7.98. The Bertz CT molecular complexity index is 820. The molecule has 1 aromatic heterocycles. The molecule has 1 unspecified atom stereocenters. The Hall–Kier alpha value is -2.78. The number of amides is 2. The molecule has 7 nitrogen and oxygen atoms in total. The van der Waals surface area contributed by atoms with Crippen molar-refractivity contribution in [2.75, 3.05) is 0 Å². The van der Waals surface area contributed by atoms with Crippen molar-refractivity contribution in [1.29, 1.82) is 0 Å². The van der Waals surface area contributed by atoms with Crippen LogP contribution in [0.15, 0.2) is 48.8 Å². The van der Waals surface area contributed by atoms with E-state index in [1.807, 2.05) is 13.8 Å². The third kappa shape index (κ3) is 7.28. The van der Waals surface area contributed by atoms with E-state index < -0.39 is 36.7 Å². The maximum absolute atomic E-state index is 13.7. The van der Waals surface area contributed by atoms with Gasteiger partial charge in [-0.15, -0.1) is 0 Å². The van der Waals surface area contributed by atoms with E-state index in [-0.39, 0.29) is 12.3 Å². The summed E-state index contributed by atoms with van der Waals surface area (Å²) in [4.78, 5) is 28.9. The quantitative estimate of drug-likeness (QED) is 0.478. The molecular weight excluding hydrogens is 376 g/mol. The number of hydrogen-bond acceptors (Lipinski definition) is 5. The Morgan fingerprint density at radius 3 is 2.52 bits per heavy atom. The summed E-state index contributed by atoms with van der Waals surface area (Å²) in [5.41, 5.74) is 0.722. The van der Waals surface area contributed by atoms with E-state index in [0.29, 0.717) is 17.5 Å². The summed E-state index contributed by atoms with van der Waals surface area (Å²) in [5.74, 6) is -2.16. The van der Waals surface area contributed by atoms with Gasteiger partial charge in [0.05, 0.1) is 24.0 Å². The van der Waals surface area contributed by atoms with Gasteiger partial charge in [-0.1, -0.05) is 26.0 Å². The first kappa shape index (κ1) is 22.5. The minimum Gasteiger partial charge on any atom is -0.426 e. The van der Waals surface area contributed by atoms with Crippen molar-refractivity contribution in [3.63, 3.8) is 0 Å². The molecule has 2 rings (SSSR count). The second-order valence-corrected chi connectivity index (χ2v) is 7.24. The third-order valence-corrected chi connectivity index (χ3v) is 4.30. The molecule has 0 radical (unpaired) electrons. The largest absolute Gasteiger partial charge is 0.475 e. The summed E-state index contributed by atoms with van der Waals surface area (Å²) < 4.78 is 13.7. The Morgan fingerprint density at radius 2 is 1.93 bits per heavy atom. The number of carbonyl (C=O) groups excluding carboxylic acids is 2. The molecule has 1 aromatic carbocycles. The van der Waals surface area contributed by atoms with Crippen molar-refractivity contribution >= 4 is 18.9 Å². The Kier molecular flexibility index (Phi) is 8.29. The molecule has 2 aromatic rings. The molecule has 9 heteroatoms.